The summed E-state index contributed by atoms with van der Waals surface area (Å²) in [5.41, 5.74) is -0.529. The van der Waals surface area contributed by atoms with E-state index in [0.29, 0.717) is 13.1 Å². The molecule has 0 fully saturated rings. The highest BCUT2D eigenvalue weighted by Crippen LogP contribution is 2.17. The number of likely N-dealkylation sites (N-methyl/N-ethyl adjacent to an activating group) is 1. The average molecular weight is 299 g/mol. The summed E-state index contributed by atoms with van der Waals surface area (Å²) in [5.74, 6) is -0.590. The minimum Gasteiger partial charge on any atom is -0.353 e. The second-order valence-electron chi connectivity index (χ2n) is 6.45. The summed E-state index contributed by atoms with van der Waals surface area (Å²) in [6, 6.07) is -0.800. The Morgan fingerprint density at radius 2 is 1.71 bits per heavy atom. The molecule has 1 unspecified atom stereocenters. The Bertz CT molecular complexity index is 373. The van der Waals surface area contributed by atoms with Crippen molar-refractivity contribution in [1.82, 2.24) is 15.5 Å². The smallest absolute Gasteiger partial charge is 0.243 e. The number of ketones is 1. The SMILES string of the molecule is CCC(=O)NC(CC(=O)C(C)(C)C)C(=O)NCCN(C)C. The number of carbonyl (C=O) groups excluding carboxylic acids is 3. The number of hydrogen-bond acceptors (Lipinski definition) is 4. The van der Waals surface area contributed by atoms with Gasteiger partial charge in [0.15, 0.2) is 0 Å². The summed E-state index contributed by atoms with van der Waals surface area (Å²) < 4.78 is 0. The first kappa shape index (κ1) is 19.6. The zero-order valence-corrected chi connectivity index (χ0v) is 14.1. The van der Waals surface area contributed by atoms with Gasteiger partial charge in [0.05, 0.1) is 0 Å². The molecular formula is C15H29N3O3. The second-order valence-corrected chi connectivity index (χ2v) is 6.45. The second kappa shape index (κ2) is 8.77. The molecule has 6 heteroatoms. The van der Waals surface area contributed by atoms with E-state index >= 15 is 0 Å². The zero-order valence-electron chi connectivity index (χ0n) is 14.1. The lowest BCUT2D eigenvalue weighted by Crippen LogP contribution is -2.49. The first-order chi connectivity index (χ1) is 9.57. The van der Waals surface area contributed by atoms with Crippen molar-refractivity contribution >= 4 is 17.6 Å². The van der Waals surface area contributed by atoms with Crippen molar-refractivity contribution in [3.8, 4) is 0 Å². The molecule has 0 rings (SSSR count). The first-order valence-electron chi connectivity index (χ1n) is 7.33. The number of rotatable bonds is 8. The largest absolute Gasteiger partial charge is 0.353 e. The highest BCUT2D eigenvalue weighted by atomic mass is 16.2. The van der Waals surface area contributed by atoms with E-state index in [2.05, 4.69) is 10.6 Å². The summed E-state index contributed by atoms with van der Waals surface area (Å²) in [7, 11) is 3.82. The average Bonchev–Trinajstić information content (AvgIpc) is 2.35. The van der Waals surface area contributed by atoms with Crippen LogP contribution in [0.15, 0.2) is 0 Å². The van der Waals surface area contributed by atoms with Crippen molar-refractivity contribution in [1.29, 1.82) is 0 Å². The molecule has 0 radical (unpaired) electrons. The van der Waals surface area contributed by atoms with E-state index in [1.807, 2.05) is 19.0 Å². The maximum absolute atomic E-state index is 12.1. The van der Waals surface area contributed by atoms with Crippen LogP contribution in [0.5, 0.6) is 0 Å². The summed E-state index contributed by atoms with van der Waals surface area (Å²) in [6.45, 7) is 8.30. The van der Waals surface area contributed by atoms with Crippen LogP contribution in [0.2, 0.25) is 0 Å². The van der Waals surface area contributed by atoms with Crippen LogP contribution in [0.3, 0.4) is 0 Å². The van der Waals surface area contributed by atoms with Crippen LogP contribution < -0.4 is 10.6 Å². The van der Waals surface area contributed by atoms with Gasteiger partial charge >= 0.3 is 0 Å². The molecule has 1 atom stereocenters. The summed E-state index contributed by atoms with van der Waals surface area (Å²) in [4.78, 5) is 37.7. The number of Topliss-reactive ketones (excluding diaryl/α,β-unsaturated/α-hetero) is 1. The number of nitrogens with one attached hydrogen (secondary N) is 2. The lowest BCUT2D eigenvalue weighted by molar-refractivity contribution is -0.133. The van der Waals surface area contributed by atoms with Gasteiger partial charge in [0.2, 0.25) is 11.8 Å². The zero-order chi connectivity index (χ0) is 16.6. The van der Waals surface area contributed by atoms with Crippen LogP contribution >= 0.6 is 0 Å². The number of nitrogens with zero attached hydrogens (tertiary/aromatic N) is 1. The molecule has 0 saturated heterocycles. The summed E-state index contributed by atoms with van der Waals surface area (Å²) >= 11 is 0. The van der Waals surface area contributed by atoms with E-state index in [1.54, 1.807) is 27.7 Å². The maximum atomic E-state index is 12.1. The lowest BCUT2D eigenvalue weighted by atomic mass is 9.87. The first-order valence-corrected chi connectivity index (χ1v) is 7.33. The molecule has 0 aliphatic heterocycles. The topological polar surface area (TPSA) is 78.5 Å². The summed E-state index contributed by atoms with van der Waals surface area (Å²) in [6.07, 6.45) is 0.300. The molecular weight excluding hydrogens is 270 g/mol. The fourth-order valence-corrected chi connectivity index (χ4v) is 1.52. The molecule has 0 aliphatic rings. The quantitative estimate of drug-likeness (QED) is 0.686. The third kappa shape index (κ3) is 8.45. The van der Waals surface area contributed by atoms with Gasteiger partial charge in [-0.25, -0.2) is 0 Å². The molecule has 21 heavy (non-hydrogen) atoms. The van der Waals surface area contributed by atoms with E-state index in [1.165, 1.54) is 0 Å². The Hall–Kier alpha value is -1.43. The van der Waals surface area contributed by atoms with Crippen LogP contribution in [0, 0.1) is 5.41 Å². The van der Waals surface area contributed by atoms with E-state index < -0.39 is 11.5 Å². The van der Waals surface area contributed by atoms with Gasteiger partial charge in [0, 0.05) is 31.3 Å². The third-order valence-electron chi connectivity index (χ3n) is 3.06. The maximum Gasteiger partial charge on any atom is 0.243 e. The standard InChI is InChI=1S/C15H29N3O3/c1-7-13(20)17-11(10-12(19)15(2,3)4)14(21)16-8-9-18(5)6/h11H,7-10H2,1-6H3,(H,16,21)(H,17,20). The van der Waals surface area contributed by atoms with Gasteiger partial charge in [-0.05, 0) is 14.1 Å². The van der Waals surface area contributed by atoms with Crippen molar-refractivity contribution in [2.45, 2.75) is 46.6 Å². The van der Waals surface area contributed by atoms with Gasteiger partial charge in [-0.1, -0.05) is 27.7 Å². The van der Waals surface area contributed by atoms with Gasteiger partial charge in [-0.2, -0.15) is 0 Å². The minimum absolute atomic E-state index is 0.0169. The highest BCUT2D eigenvalue weighted by Gasteiger charge is 2.29. The Morgan fingerprint density at radius 1 is 1.14 bits per heavy atom. The van der Waals surface area contributed by atoms with Gasteiger partial charge in [0.1, 0.15) is 11.8 Å². The van der Waals surface area contributed by atoms with E-state index in [-0.39, 0.29) is 30.4 Å². The molecule has 2 amide bonds. The molecule has 0 saturated carbocycles. The van der Waals surface area contributed by atoms with E-state index in [9.17, 15) is 14.4 Å². The van der Waals surface area contributed by atoms with E-state index in [0.717, 1.165) is 0 Å². The minimum atomic E-state index is -0.800. The molecule has 122 valence electrons. The summed E-state index contributed by atoms with van der Waals surface area (Å²) in [5, 5.41) is 5.37. The highest BCUT2D eigenvalue weighted by molar-refractivity contribution is 5.94. The third-order valence-corrected chi connectivity index (χ3v) is 3.06. The van der Waals surface area contributed by atoms with Crippen LogP contribution in [-0.4, -0.2) is 55.7 Å². The predicted octanol–water partition coefficient (Wildman–Crippen LogP) is 0.564. The molecule has 0 aromatic heterocycles. The fourth-order valence-electron chi connectivity index (χ4n) is 1.52. The Balaban J connectivity index is 4.69. The monoisotopic (exact) mass is 299 g/mol. The van der Waals surface area contributed by atoms with Crippen molar-refractivity contribution in [2.24, 2.45) is 5.41 Å². The Kier molecular flexibility index (Phi) is 8.17. The van der Waals surface area contributed by atoms with Crippen LogP contribution in [0.1, 0.15) is 40.5 Å². The van der Waals surface area contributed by atoms with Crippen LogP contribution in [0.4, 0.5) is 0 Å². The van der Waals surface area contributed by atoms with Gasteiger partial charge < -0.3 is 15.5 Å². The van der Waals surface area contributed by atoms with Gasteiger partial charge in [-0.3, -0.25) is 14.4 Å². The van der Waals surface area contributed by atoms with Crippen molar-refractivity contribution in [3.63, 3.8) is 0 Å². The van der Waals surface area contributed by atoms with Gasteiger partial charge in [-0.15, -0.1) is 0 Å². The Labute approximate surface area is 127 Å². The molecule has 0 aromatic rings. The fraction of sp³-hybridized carbons (Fsp3) is 0.800. The van der Waals surface area contributed by atoms with E-state index in [4.69, 9.17) is 0 Å². The molecule has 0 aliphatic carbocycles. The number of amides is 2. The molecule has 0 bridgehead atoms. The molecule has 6 nitrogen and oxygen atoms in total. The number of carbonyl (C=O) groups is 3. The normalized spacial score (nSPS) is 12.9. The lowest BCUT2D eigenvalue weighted by Gasteiger charge is -2.23. The number of hydrogen-bond donors (Lipinski definition) is 2. The van der Waals surface area contributed by atoms with Crippen molar-refractivity contribution in [2.75, 3.05) is 27.2 Å². The van der Waals surface area contributed by atoms with Gasteiger partial charge in [0.25, 0.3) is 0 Å². The molecule has 0 aromatic carbocycles. The van der Waals surface area contributed by atoms with Crippen molar-refractivity contribution < 1.29 is 14.4 Å². The molecule has 2 N–H and O–H groups in total. The van der Waals surface area contributed by atoms with Crippen LogP contribution in [-0.2, 0) is 14.4 Å². The Morgan fingerprint density at radius 3 is 2.14 bits per heavy atom. The predicted molar refractivity (Wildman–Crippen MR) is 82.9 cm³/mol. The molecule has 0 spiro atoms. The van der Waals surface area contributed by atoms with Crippen molar-refractivity contribution in [3.05, 3.63) is 0 Å². The van der Waals surface area contributed by atoms with Crippen LogP contribution in [0.25, 0.3) is 0 Å². The molecule has 0 heterocycles.